The van der Waals surface area contributed by atoms with Gasteiger partial charge in [-0.25, -0.2) is 13.8 Å². The number of fused-ring (bicyclic) bond motifs is 1. The number of halogens is 5. The zero-order valence-electron chi connectivity index (χ0n) is 17.6. The van der Waals surface area contributed by atoms with Crippen LogP contribution in [-0.2, 0) is 6.61 Å². The molecule has 33 heavy (non-hydrogen) atoms. The van der Waals surface area contributed by atoms with Gasteiger partial charge in [0.2, 0.25) is 0 Å². The molecule has 1 aliphatic heterocycles. The number of benzene rings is 1. The maximum atomic E-state index is 14.3. The molecule has 1 fully saturated rings. The number of hydrogen-bond donors (Lipinski definition) is 1. The van der Waals surface area contributed by atoms with Crippen LogP contribution in [0.25, 0.3) is 11.0 Å². The topological polar surface area (TPSA) is 67.6 Å². The van der Waals surface area contributed by atoms with Gasteiger partial charge >= 0.3 is 6.18 Å². The van der Waals surface area contributed by atoms with E-state index in [0.29, 0.717) is 21.6 Å². The molecule has 0 saturated carbocycles. The van der Waals surface area contributed by atoms with E-state index < -0.39 is 43.7 Å². The summed E-state index contributed by atoms with van der Waals surface area (Å²) in [6, 6.07) is 3.07. The van der Waals surface area contributed by atoms with Crippen LogP contribution in [0.15, 0.2) is 28.1 Å². The predicted molar refractivity (Wildman–Crippen MR) is 111 cm³/mol. The normalized spacial score (nSPS) is 18.7. The van der Waals surface area contributed by atoms with E-state index in [1.807, 2.05) is 6.92 Å². The van der Waals surface area contributed by atoms with E-state index in [1.54, 1.807) is 23.7 Å². The molecule has 0 spiro atoms. The van der Waals surface area contributed by atoms with Crippen molar-refractivity contribution in [2.75, 3.05) is 19.6 Å². The van der Waals surface area contributed by atoms with Crippen LogP contribution in [0.3, 0.4) is 0 Å². The first-order chi connectivity index (χ1) is 15.4. The lowest BCUT2D eigenvalue weighted by molar-refractivity contribution is -0.145. The van der Waals surface area contributed by atoms with Crippen molar-refractivity contribution < 1.29 is 35.9 Å². The van der Waals surface area contributed by atoms with Crippen molar-refractivity contribution in [3.63, 3.8) is 0 Å². The fourth-order valence-electron chi connectivity index (χ4n) is 3.80. The minimum absolute atomic E-state index is 0.0366. The van der Waals surface area contributed by atoms with Crippen molar-refractivity contribution in [3.8, 4) is 5.75 Å². The lowest BCUT2D eigenvalue weighted by Crippen LogP contribution is -2.46. The number of furan rings is 1. The Balaban J connectivity index is 1.52. The summed E-state index contributed by atoms with van der Waals surface area (Å²) in [5.41, 5.74) is 2.94. The third-order valence-electron chi connectivity index (χ3n) is 5.37. The van der Waals surface area contributed by atoms with E-state index >= 15 is 0 Å². The molecule has 3 aromatic rings. The lowest BCUT2D eigenvalue weighted by atomic mass is 10.1. The summed E-state index contributed by atoms with van der Waals surface area (Å²) in [5.74, 6) is -3.71. The van der Waals surface area contributed by atoms with Gasteiger partial charge in [0, 0.05) is 11.9 Å². The summed E-state index contributed by atoms with van der Waals surface area (Å²) in [6.07, 6.45) is -4.61. The summed E-state index contributed by atoms with van der Waals surface area (Å²) < 4.78 is 77.8. The summed E-state index contributed by atoms with van der Waals surface area (Å²) in [4.78, 5) is 18.5. The standard InChI is InChI=1S/C21H20F5N3O3S/c1-11-16(33-10-27-11)7-31-13-3-4-15-14(5-13)18(12(2)32-15)19(30)28-17-6-29(8-20(17,22)23)9-21(24,25)26/h3-5,10,17H,6-9H2,1-2H3,(H,28,30). The molecule has 0 radical (unpaired) electrons. The first-order valence-corrected chi connectivity index (χ1v) is 10.8. The Bertz CT molecular complexity index is 1170. The van der Waals surface area contributed by atoms with Gasteiger partial charge in [-0.2, -0.15) is 13.2 Å². The second-order valence-electron chi connectivity index (χ2n) is 7.91. The molecule has 1 aromatic carbocycles. The van der Waals surface area contributed by atoms with E-state index in [1.165, 1.54) is 18.3 Å². The van der Waals surface area contributed by atoms with Gasteiger partial charge in [0.05, 0.1) is 34.7 Å². The number of carbonyl (C=O) groups is 1. The van der Waals surface area contributed by atoms with Crippen molar-refractivity contribution in [3.05, 3.63) is 45.6 Å². The van der Waals surface area contributed by atoms with E-state index in [2.05, 4.69) is 10.3 Å². The fraction of sp³-hybridized carbons (Fsp3) is 0.429. The van der Waals surface area contributed by atoms with Crippen LogP contribution >= 0.6 is 11.3 Å². The average molecular weight is 489 g/mol. The molecule has 12 heteroatoms. The molecule has 0 aliphatic carbocycles. The van der Waals surface area contributed by atoms with Crippen molar-refractivity contribution in [2.45, 2.75) is 38.6 Å². The number of ether oxygens (including phenoxy) is 1. The first-order valence-electron chi connectivity index (χ1n) is 9.95. The maximum absolute atomic E-state index is 14.3. The van der Waals surface area contributed by atoms with Crippen LogP contribution in [0.5, 0.6) is 5.75 Å². The number of alkyl halides is 5. The Kier molecular flexibility index (Phi) is 6.08. The molecular formula is C21H20F5N3O3S. The van der Waals surface area contributed by atoms with Crippen LogP contribution < -0.4 is 10.1 Å². The summed E-state index contributed by atoms with van der Waals surface area (Å²) in [7, 11) is 0. The van der Waals surface area contributed by atoms with Gasteiger partial charge in [0.1, 0.15) is 29.7 Å². The van der Waals surface area contributed by atoms with Gasteiger partial charge in [0.15, 0.2) is 0 Å². The highest BCUT2D eigenvalue weighted by atomic mass is 32.1. The molecule has 2 aromatic heterocycles. The third kappa shape index (κ3) is 5.11. The zero-order valence-corrected chi connectivity index (χ0v) is 18.4. The quantitative estimate of drug-likeness (QED) is 0.509. The molecule has 1 aliphatic rings. The molecule has 1 N–H and O–H groups in total. The number of aromatic nitrogens is 1. The molecule has 1 atom stereocenters. The molecule has 4 rings (SSSR count). The van der Waals surface area contributed by atoms with Gasteiger partial charge < -0.3 is 14.5 Å². The number of carbonyl (C=O) groups excluding carboxylic acids is 1. The number of rotatable bonds is 6. The number of hydrogen-bond acceptors (Lipinski definition) is 6. The van der Waals surface area contributed by atoms with Gasteiger partial charge in [0.25, 0.3) is 11.8 Å². The van der Waals surface area contributed by atoms with E-state index in [9.17, 15) is 26.7 Å². The Hall–Kier alpha value is -2.73. The first kappa shape index (κ1) is 23.4. The molecule has 0 bridgehead atoms. The molecular weight excluding hydrogens is 469 g/mol. The van der Waals surface area contributed by atoms with Gasteiger partial charge in [-0.1, -0.05) is 0 Å². The highest BCUT2D eigenvalue weighted by Gasteiger charge is 2.51. The Labute approximate surface area is 189 Å². The minimum Gasteiger partial charge on any atom is -0.488 e. The summed E-state index contributed by atoms with van der Waals surface area (Å²) in [5, 5.41) is 2.55. The Morgan fingerprint density at radius 2 is 2.12 bits per heavy atom. The number of nitrogens with zero attached hydrogens (tertiary/aromatic N) is 2. The second kappa shape index (κ2) is 8.56. The number of aryl methyl sites for hydroxylation is 2. The Morgan fingerprint density at radius 3 is 2.79 bits per heavy atom. The summed E-state index contributed by atoms with van der Waals surface area (Å²) in [6.45, 7) is 0.466. The monoisotopic (exact) mass is 489 g/mol. The van der Waals surface area contributed by atoms with Crippen LogP contribution in [0, 0.1) is 13.8 Å². The largest absolute Gasteiger partial charge is 0.488 e. The molecule has 3 heterocycles. The van der Waals surface area contributed by atoms with Crippen molar-refractivity contribution >= 4 is 28.2 Å². The van der Waals surface area contributed by atoms with Crippen LogP contribution in [0.2, 0.25) is 0 Å². The zero-order chi connectivity index (χ0) is 24.0. The van der Waals surface area contributed by atoms with E-state index in [-0.39, 0.29) is 17.9 Å². The van der Waals surface area contributed by atoms with Crippen LogP contribution in [0.1, 0.15) is 26.7 Å². The van der Waals surface area contributed by atoms with Crippen molar-refractivity contribution in [1.29, 1.82) is 0 Å². The van der Waals surface area contributed by atoms with Crippen molar-refractivity contribution in [1.82, 2.24) is 15.2 Å². The second-order valence-corrected chi connectivity index (χ2v) is 8.85. The Morgan fingerprint density at radius 1 is 1.36 bits per heavy atom. The van der Waals surface area contributed by atoms with E-state index in [0.717, 1.165) is 10.6 Å². The van der Waals surface area contributed by atoms with Crippen molar-refractivity contribution in [2.24, 2.45) is 0 Å². The number of thiazole rings is 1. The molecule has 1 amide bonds. The molecule has 178 valence electrons. The SMILES string of the molecule is Cc1ncsc1COc1ccc2oc(C)c(C(=O)NC3CN(CC(F)(F)F)CC3(F)F)c2c1. The smallest absolute Gasteiger partial charge is 0.401 e. The van der Waals surface area contributed by atoms with E-state index in [4.69, 9.17) is 9.15 Å². The van der Waals surface area contributed by atoms with Crippen LogP contribution in [0.4, 0.5) is 22.0 Å². The molecule has 1 saturated heterocycles. The van der Waals surface area contributed by atoms with Crippen LogP contribution in [-0.4, -0.2) is 53.6 Å². The van der Waals surface area contributed by atoms with Gasteiger partial charge in [-0.3, -0.25) is 9.69 Å². The predicted octanol–water partition coefficient (Wildman–Crippen LogP) is 4.70. The highest BCUT2D eigenvalue weighted by molar-refractivity contribution is 7.09. The maximum Gasteiger partial charge on any atom is 0.401 e. The fourth-order valence-corrected chi connectivity index (χ4v) is 4.49. The van der Waals surface area contributed by atoms with Gasteiger partial charge in [-0.15, -0.1) is 11.3 Å². The van der Waals surface area contributed by atoms with Gasteiger partial charge in [-0.05, 0) is 32.0 Å². The third-order valence-corrected chi connectivity index (χ3v) is 6.28. The number of nitrogens with one attached hydrogen (secondary N) is 1. The number of amides is 1. The highest BCUT2D eigenvalue weighted by Crippen LogP contribution is 2.33. The average Bonchev–Trinajstić information content (AvgIpc) is 3.32. The molecule has 6 nitrogen and oxygen atoms in total. The molecule has 1 unspecified atom stereocenters. The minimum atomic E-state index is -4.61. The number of likely N-dealkylation sites (tertiary alicyclic amines) is 1. The summed E-state index contributed by atoms with van der Waals surface area (Å²) >= 11 is 1.44. The lowest BCUT2D eigenvalue weighted by Gasteiger charge is -2.19.